The molecule has 128 valence electrons. The van der Waals surface area contributed by atoms with Gasteiger partial charge in [0.2, 0.25) is 5.91 Å². The fraction of sp³-hybridized carbons (Fsp3) is 0.444. The highest BCUT2D eigenvalue weighted by molar-refractivity contribution is 6.03. The van der Waals surface area contributed by atoms with Crippen LogP contribution in [0.3, 0.4) is 0 Å². The predicted molar refractivity (Wildman–Crippen MR) is 91.5 cm³/mol. The van der Waals surface area contributed by atoms with Crippen molar-refractivity contribution in [1.29, 1.82) is 0 Å². The Bertz CT molecular complexity index is 669. The third kappa shape index (κ3) is 2.78. The van der Waals surface area contributed by atoms with Gasteiger partial charge in [0, 0.05) is 38.8 Å². The first kappa shape index (κ1) is 16.5. The fourth-order valence-corrected chi connectivity index (χ4v) is 3.52. The third-order valence-corrected chi connectivity index (χ3v) is 4.43. The van der Waals surface area contributed by atoms with E-state index >= 15 is 0 Å². The molecular weight excluding hydrogens is 304 g/mol. The Morgan fingerprint density at radius 1 is 1.12 bits per heavy atom. The monoisotopic (exact) mass is 328 g/mol. The molecule has 3 rings (SSSR count). The smallest absolute Gasteiger partial charge is 0.254 e. The summed E-state index contributed by atoms with van der Waals surface area (Å²) in [6.07, 6.45) is 1.96. The molecule has 0 spiro atoms. The van der Waals surface area contributed by atoms with Crippen LogP contribution in [0, 0.1) is 0 Å². The number of rotatable bonds is 4. The summed E-state index contributed by atoms with van der Waals surface area (Å²) in [5.74, 6) is -0.0237. The molecule has 0 radical (unpaired) electrons. The predicted octanol–water partition coefficient (Wildman–Crippen LogP) is 0.920. The Morgan fingerprint density at radius 3 is 2.38 bits per heavy atom. The van der Waals surface area contributed by atoms with Gasteiger partial charge in [-0.3, -0.25) is 19.4 Å². The summed E-state index contributed by atoms with van der Waals surface area (Å²) in [5, 5.41) is 0. The number of carbonyl (C=O) groups excluding carboxylic acids is 2. The fourth-order valence-electron chi connectivity index (χ4n) is 3.52. The van der Waals surface area contributed by atoms with Crippen molar-refractivity contribution in [2.24, 2.45) is 0 Å². The van der Waals surface area contributed by atoms with Gasteiger partial charge in [0.1, 0.15) is 6.04 Å². The second-order valence-corrected chi connectivity index (χ2v) is 6.81. The second kappa shape index (κ2) is 6.28. The summed E-state index contributed by atoms with van der Waals surface area (Å²) in [5.41, 5.74) is 1.76. The lowest BCUT2D eigenvalue weighted by molar-refractivity contribution is -0.134. The van der Waals surface area contributed by atoms with Crippen molar-refractivity contribution in [3.63, 3.8) is 0 Å². The minimum atomic E-state index is -0.389. The summed E-state index contributed by atoms with van der Waals surface area (Å²) >= 11 is 0. The number of hydrogen-bond donors (Lipinski definition) is 0. The standard InChI is InChI=1S/C18H24N4O2/c1-19(2)12-14-10-15-17(24)21(11-13-8-6-5-7-9-13)18(20(3)4)22(15)16(14)23/h5-9,12,15,18H,10-11H2,1-4H3/b14-12+. The van der Waals surface area contributed by atoms with E-state index in [1.54, 1.807) is 9.80 Å². The van der Waals surface area contributed by atoms with Gasteiger partial charge in [-0.25, -0.2) is 0 Å². The van der Waals surface area contributed by atoms with E-state index in [4.69, 9.17) is 0 Å². The van der Waals surface area contributed by atoms with E-state index in [0.717, 1.165) is 5.56 Å². The first-order chi connectivity index (χ1) is 11.4. The average molecular weight is 328 g/mol. The van der Waals surface area contributed by atoms with Crippen LogP contribution in [0.5, 0.6) is 0 Å². The lowest BCUT2D eigenvalue weighted by Crippen LogP contribution is -2.50. The maximum Gasteiger partial charge on any atom is 0.254 e. The van der Waals surface area contributed by atoms with Gasteiger partial charge in [-0.1, -0.05) is 30.3 Å². The highest BCUT2D eigenvalue weighted by Crippen LogP contribution is 2.36. The Labute approximate surface area is 142 Å². The zero-order chi connectivity index (χ0) is 17.4. The van der Waals surface area contributed by atoms with E-state index < -0.39 is 0 Å². The zero-order valence-corrected chi connectivity index (χ0v) is 14.6. The van der Waals surface area contributed by atoms with E-state index in [1.165, 1.54) is 0 Å². The molecule has 6 heteroatoms. The molecule has 2 atom stereocenters. The van der Waals surface area contributed by atoms with Gasteiger partial charge in [-0.15, -0.1) is 0 Å². The Balaban J connectivity index is 1.90. The minimum Gasteiger partial charge on any atom is -0.383 e. The summed E-state index contributed by atoms with van der Waals surface area (Å²) < 4.78 is 0. The van der Waals surface area contributed by atoms with Crippen LogP contribution in [0.1, 0.15) is 12.0 Å². The maximum absolute atomic E-state index is 12.9. The van der Waals surface area contributed by atoms with Crippen LogP contribution in [0.25, 0.3) is 0 Å². The van der Waals surface area contributed by atoms with Gasteiger partial charge in [0.05, 0.1) is 0 Å². The molecule has 0 bridgehead atoms. The Morgan fingerprint density at radius 2 is 1.79 bits per heavy atom. The first-order valence-corrected chi connectivity index (χ1v) is 8.10. The van der Waals surface area contributed by atoms with Crippen LogP contribution in [-0.2, 0) is 16.1 Å². The number of fused-ring (bicyclic) bond motifs is 1. The molecule has 2 heterocycles. The number of amides is 2. The second-order valence-electron chi connectivity index (χ2n) is 6.81. The lowest BCUT2D eigenvalue weighted by atomic mass is 10.1. The molecule has 0 aromatic heterocycles. The Hall–Kier alpha value is -2.34. The van der Waals surface area contributed by atoms with E-state index in [1.807, 2.05) is 74.5 Å². The van der Waals surface area contributed by atoms with Crippen molar-refractivity contribution in [3.8, 4) is 0 Å². The van der Waals surface area contributed by atoms with Crippen LogP contribution >= 0.6 is 0 Å². The van der Waals surface area contributed by atoms with Gasteiger partial charge >= 0.3 is 0 Å². The molecule has 2 amide bonds. The molecule has 0 aliphatic carbocycles. The first-order valence-electron chi connectivity index (χ1n) is 8.10. The molecule has 2 fully saturated rings. The van der Waals surface area contributed by atoms with Crippen molar-refractivity contribution in [2.75, 3.05) is 28.2 Å². The van der Waals surface area contributed by atoms with Crippen LogP contribution in [0.15, 0.2) is 42.1 Å². The van der Waals surface area contributed by atoms with Crippen molar-refractivity contribution in [3.05, 3.63) is 47.7 Å². The minimum absolute atomic E-state index is 0.0214. The molecule has 24 heavy (non-hydrogen) atoms. The SMILES string of the molecule is CN(C)/C=C1\CC2C(=O)N(Cc3ccccc3)C(N(C)C)N2C1=O. The van der Waals surface area contributed by atoms with E-state index in [2.05, 4.69) is 0 Å². The largest absolute Gasteiger partial charge is 0.383 e. The maximum atomic E-state index is 12.9. The van der Waals surface area contributed by atoms with Crippen LogP contribution < -0.4 is 0 Å². The van der Waals surface area contributed by atoms with Gasteiger partial charge < -0.3 is 9.80 Å². The van der Waals surface area contributed by atoms with Gasteiger partial charge in [-0.2, -0.15) is 0 Å². The highest BCUT2D eigenvalue weighted by Gasteiger charge is 2.54. The zero-order valence-electron chi connectivity index (χ0n) is 14.6. The highest BCUT2D eigenvalue weighted by atomic mass is 16.2. The molecule has 0 N–H and O–H groups in total. The number of carbonyl (C=O) groups is 2. The van der Waals surface area contributed by atoms with Gasteiger partial charge in [0.15, 0.2) is 6.29 Å². The van der Waals surface area contributed by atoms with Crippen LogP contribution in [0.2, 0.25) is 0 Å². The van der Waals surface area contributed by atoms with Crippen molar-refractivity contribution < 1.29 is 9.59 Å². The van der Waals surface area contributed by atoms with Gasteiger partial charge in [0.25, 0.3) is 5.91 Å². The molecular formula is C18H24N4O2. The Kier molecular flexibility index (Phi) is 4.32. The molecule has 2 aliphatic rings. The van der Waals surface area contributed by atoms with Crippen LogP contribution in [0.4, 0.5) is 0 Å². The molecule has 1 aromatic carbocycles. The van der Waals surface area contributed by atoms with E-state index in [-0.39, 0.29) is 24.1 Å². The third-order valence-electron chi connectivity index (χ3n) is 4.43. The van der Waals surface area contributed by atoms with Crippen LogP contribution in [-0.4, -0.2) is 71.9 Å². The molecule has 0 saturated carbocycles. The van der Waals surface area contributed by atoms with Crippen molar-refractivity contribution >= 4 is 11.8 Å². The number of benzene rings is 1. The normalized spacial score (nSPS) is 25.1. The topological polar surface area (TPSA) is 47.1 Å². The van der Waals surface area contributed by atoms with Gasteiger partial charge in [-0.05, 0) is 19.7 Å². The molecule has 2 saturated heterocycles. The molecule has 2 aliphatic heterocycles. The summed E-state index contributed by atoms with van der Waals surface area (Å²) in [7, 11) is 7.58. The van der Waals surface area contributed by atoms with E-state index in [9.17, 15) is 9.59 Å². The molecule has 2 unspecified atom stereocenters. The summed E-state index contributed by atoms with van der Waals surface area (Å²) in [6.45, 7) is 0.509. The summed E-state index contributed by atoms with van der Waals surface area (Å²) in [4.78, 5) is 33.1. The molecule has 1 aromatic rings. The number of nitrogens with zero attached hydrogens (tertiary/aromatic N) is 4. The van der Waals surface area contributed by atoms with Crippen molar-refractivity contribution in [2.45, 2.75) is 25.3 Å². The van der Waals surface area contributed by atoms with Crippen molar-refractivity contribution in [1.82, 2.24) is 19.6 Å². The number of hydrogen-bond acceptors (Lipinski definition) is 4. The average Bonchev–Trinajstić information content (AvgIpc) is 2.97. The quantitative estimate of drug-likeness (QED) is 0.771. The lowest BCUT2D eigenvalue weighted by Gasteiger charge is -2.34. The summed E-state index contributed by atoms with van der Waals surface area (Å²) in [6, 6.07) is 9.50. The molecule has 6 nitrogen and oxygen atoms in total. The van der Waals surface area contributed by atoms with E-state index in [0.29, 0.717) is 18.5 Å².